The van der Waals surface area contributed by atoms with E-state index < -0.39 is 5.78 Å². The van der Waals surface area contributed by atoms with E-state index in [1.807, 2.05) is 0 Å². The first-order chi connectivity index (χ1) is 14.8. The summed E-state index contributed by atoms with van der Waals surface area (Å²) in [6.45, 7) is 2.54. The minimum absolute atomic E-state index is 0.00501. The Balaban J connectivity index is 1.80. The van der Waals surface area contributed by atoms with Crippen molar-refractivity contribution < 1.29 is 19.4 Å². The van der Waals surface area contributed by atoms with Crippen molar-refractivity contribution in [1.82, 2.24) is 24.1 Å². The van der Waals surface area contributed by atoms with E-state index in [1.165, 1.54) is 39.4 Å². The number of carbonyl (C=O) groups is 1. The van der Waals surface area contributed by atoms with Gasteiger partial charge >= 0.3 is 5.69 Å². The highest BCUT2D eigenvalue weighted by molar-refractivity contribution is 6.40. The number of rotatable bonds is 9. The highest BCUT2D eigenvalue weighted by Crippen LogP contribution is 2.37. The molecule has 10 nitrogen and oxygen atoms in total. The molecular weight excluding hydrogens is 449 g/mol. The molecular formula is C19H21Cl2N5O5. The van der Waals surface area contributed by atoms with Gasteiger partial charge in [0.05, 0.1) is 22.8 Å². The first-order valence-corrected chi connectivity index (χ1v) is 10.1. The van der Waals surface area contributed by atoms with Crippen LogP contribution < -0.4 is 10.4 Å². The topological polar surface area (TPSA) is 113 Å². The summed E-state index contributed by atoms with van der Waals surface area (Å²) in [5.74, 6) is -0.197. The number of carbonyl (C=O) groups excluding carboxylic acids is 1. The molecule has 0 spiro atoms. The molecule has 0 aliphatic carbocycles. The molecule has 3 rings (SSSR count). The van der Waals surface area contributed by atoms with E-state index in [0.717, 1.165) is 0 Å². The van der Waals surface area contributed by atoms with Crippen LogP contribution in [0.5, 0.6) is 11.6 Å². The summed E-state index contributed by atoms with van der Waals surface area (Å²) in [6.07, 6.45) is 1.28. The van der Waals surface area contributed by atoms with Gasteiger partial charge in [-0.1, -0.05) is 23.2 Å². The van der Waals surface area contributed by atoms with Crippen LogP contribution in [0.25, 0.3) is 0 Å². The summed E-state index contributed by atoms with van der Waals surface area (Å²) < 4.78 is 14.6. The molecule has 12 heteroatoms. The molecule has 2 heterocycles. The van der Waals surface area contributed by atoms with Crippen LogP contribution in [0.2, 0.25) is 10.0 Å². The van der Waals surface area contributed by atoms with E-state index in [-0.39, 0.29) is 58.2 Å². The maximum Gasteiger partial charge on any atom is 0.345 e. The van der Waals surface area contributed by atoms with Gasteiger partial charge in [-0.05, 0) is 19.1 Å². The van der Waals surface area contributed by atoms with Crippen LogP contribution in [-0.2, 0) is 31.5 Å². The minimum Gasteiger partial charge on any atom is -0.493 e. The number of ether oxygens (including phenoxy) is 2. The van der Waals surface area contributed by atoms with Crippen molar-refractivity contribution in [2.75, 3.05) is 13.7 Å². The van der Waals surface area contributed by atoms with E-state index >= 15 is 0 Å². The van der Waals surface area contributed by atoms with E-state index in [0.29, 0.717) is 12.4 Å². The molecule has 0 atom stereocenters. The Labute approximate surface area is 187 Å². The molecule has 0 radical (unpaired) electrons. The van der Waals surface area contributed by atoms with Crippen LogP contribution in [0, 0.1) is 0 Å². The molecule has 3 aromatic rings. The molecule has 1 aromatic carbocycles. The summed E-state index contributed by atoms with van der Waals surface area (Å²) in [6, 6.07) is 2.92. The number of methoxy groups -OCH3 is 1. The molecule has 0 bridgehead atoms. The van der Waals surface area contributed by atoms with Gasteiger partial charge in [0.1, 0.15) is 18.8 Å². The number of ketones is 1. The largest absolute Gasteiger partial charge is 0.493 e. The van der Waals surface area contributed by atoms with Gasteiger partial charge in [-0.15, -0.1) is 0 Å². The smallest absolute Gasteiger partial charge is 0.345 e. The second-order valence-electron chi connectivity index (χ2n) is 6.53. The maximum atomic E-state index is 12.9. The Morgan fingerprint density at radius 3 is 2.61 bits per heavy atom. The first-order valence-electron chi connectivity index (χ1n) is 9.32. The van der Waals surface area contributed by atoms with E-state index in [4.69, 9.17) is 32.7 Å². The lowest BCUT2D eigenvalue weighted by Gasteiger charge is -2.12. The molecule has 0 amide bonds. The molecule has 31 heavy (non-hydrogen) atoms. The Morgan fingerprint density at radius 2 is 1.97 bits per heavy atom. The molecule has 0 aliphatic heterocycles. The molecule has 0 saturated carbocycles. The van der Waals surface area contributed by atoms with Crippen molar-refractivity contribution in [3.63, 3.8) is 0 Å². The van der Waals surface area contributed by atoms with Crippen molar-refractivity contribution in [2.45, 2.75) is 26.6 Å². The predicted octanol–water partition coefficient (Wildman–Crippen LogP) is 2.27. The van der Waals surface area contributed by atoms with Gasteiger partial charge < -0.3 is 14.6 Å². The second kappa shape index (κ2) is 9.54. The van der Waals surface area contributed by atoms with Gasteiger partial charge in [0, 0.05) is 26.3 Å². The summed E-state index contributed by atoms with van der Waals surface area (Å²) in [7, 11) is 3.11. The summed E-state index contributed by atoms with van der Waals surface area (Å²) in [4.78, 5) is 25.1. The Morgan fingerprint density at radius 1 is 1.23 bits per heavy atom. The highest BCUT2D eigenvalue weighted by Gasteiger charge is 2.23. The van der Waals surface area contributed by atoms with E-state index in [9.17, 15) is 14.7 Å². The van der Waals surface area contributed by atoms with Gasteiger partial charge in [-0.2, -0.15) is 10.2 Å². The molecule has 0 unspecified atom stereocenters. The first kappa shape index (κ1) is 22.9. The average Bonchev–Trinajstić information content (AvgIpc) is 3.25. The number of benzene rings is 1. The molecule has 0 fully saturated rings. The number of hydrogen-bond acceptors (Lipinski definition) is 7. The zero-order valence-corrected chi connectivity index (χ0v) is 18.6. The zero-order chi connectivity index (χ0) is 22.7. The molecule has 2 aromatic heterocycles. The lowest BCUT2D eigenvalue weighted by Crippen LogP contribution is -2.25. The maximum absolute atomic E-state index is 12.9. The van der Waals surface area contributed by atoms with Crippen LogP contribution in [0.3, 0.4) is 0 Å². The zero-order valence-electron chi connectivity index (χ0n) is 17.1. The van der Waals surface area contributed by atoms with Crippen LogP contribution in [0.4, 0.5) is 0 Å². The van der Waals surface area contributed by atoms with Crippen LogP contribution in [0.1, 0.15) is 28.7 Å². The fourth-order valence-electron chi connectivity index (χ4n) is 2.92. The third-order valence-corrected chi connectivity index (χ3v) is 5.28. The van der Waals surface area contributed by atoms with Crippen LogP contribution >= 0.6 is 23.2 Å². The third kappa shape index (κ3) is 4.46. The van der Waals surface area contributed by atoms with Crippen molar-refractivity contribution in [1.29, 1.82) is 0 Å². The number of aromatic hydroxyl groups is 1. The molecule has 0 saturated heterocycles. The number of hydrogen-bond donors (Lipinski definition) is 1. The Bertz CT molecular complexity index is 1170. The third-order valence-electron chi connectivity index (χ3n) is 4.60. The average molecular weight is 470 g/mol. The minimum atomic E-state index is -0.520. The highest BCUT2D eigenvalue weighted by atomic mass is 35.5. The monoisotopic (exact) mass is 469 g/mol. The fourth-order valence-corrected chi connectivity index (χ4v) is 3.49. The molecule has 0 aliphatic rings. The van der Waals surface area contributed by atoms with E-state index in [2.05, 4.69) is 10.2 Å². The van der Waals surface area contributed by atoms with Crippen molar-refractivity contribution >= 4 is 29.0 Å². The number of halogens is 2. The standard InChI is InChI=1S/C19H21Cl2N5O5/c1-4-25-18(28)12(9-22-25)16(27)11-5-6-13(20)17(15(11)21)31-8-7-26-19(29)24(2)14(23-26)10-30-3/h5-6,9,28H,4,7-8,10H2,1-3H3. The number of aromatic nitrogens is 5. The lowest BCUT2D eigenvalue weighted by atomic mass is 10.1. The van der Waals surface area contributed by atoms with Crippen molar-refractivity contribution in [3.05, 3.63) is 55.8 Å². The number of nitrogens with zero attached hydrogens (tertiary/aromatic N) is 5. The Kier molecular flexibility index (Phi) is 7.04. The van der Waals surface area contributed by atoms with Gasteiger partial charge in [0.15, 0.2) is 11.6 Å². The molecule has 1 N–H and O–H groups in total. The Hall–Kier alpha value is -2.82. The fraction of sp³-hybridized carbons (Fsp3) is 0.368. The van der Waals surface area contributed by atoms with Crippen LogP contribution in [0.15, 0.2) is 23.1 Å². The van der Waals surface area contributed by atoms with Crippen LogP contribution in [-0.4, -0.2) is 48.7 Å². The van der Waals surface area contributed by atoms with Crippen molar-refractivity contribution in [3.8, 4) is 11.6 Å². The summed E-state index contributed by atoms with van der Waals surface area (Å²) >= 11 is 12.6. The quantitative estimate of drug-likeness (QED) is 0.478. The van der Waals surface area contributed by atoms with Gasteiger partial charge in [-0.3, -0.25) is 9.36 Å². The lowest BCUT2D eigenvalue weighted by molar-refractivity contribution is 0.103. The van der Waals surface area contributed by atoms with E-state index in [1.54, 1.807) is 14.0 Å². The SMILES string of the molecule is CCn1ncc(C(=O)c2ccc(Cl)c(OCCn3nc(COC)n(C)c3=O)c2Cl)c1O. The van der Waals surface area contributed by atoms with Gasteiger partial charge in [0.25, 0.3) is 0 Å². The molecule has 166 valence electrons. The summed E-state index contributed by atoms with van der Waals surface area (Å²) in [5.41, 5.74) is -0.202. The predicted molar refractivity (Wildman–Crippen MR) is 113 cm³/mol. The number of aryl methyl sites for hydroxylation is 1. The second-order valence-corrected chi connectivity index (χ2v) is 7.31. The normalized spacial score (nSPS) is 11.1. The van der Waals surface area contributed by atoms with Gasteiger partial charge in [-0.25, -0.2) is 14.2 Å². The van der Waals surface area contributed by atoms with Gasteiger partial charge in [0.2, 0.25) is 11.7 Å². The summed E-state index contributed by atoms with van der Waals surface area (Å²) in [5, 5.41) is 18.5. The van der Waals surface area contributed by atoms with Crippen molar-refractivity contribution in [2.24, 2.45) is 7.05 Å².